The molecular formula is C12H13FN2O2. The molecule has 0 saturated carbocycles. The molecule has 1 aromatic carbocycles. The first kappa shape index (κ1) is 11.6. The van der Waals surface area contributed by atoms with E-state index in [4.69, 9.17) is 0 Å². The number of hydrogen-bond acceptors (Lipinski definition) is 2. The van der Waals surface area contributed by atoms with Crippen LogP contribution in [0.1, 0.15) is 18.4 Å². The zero-order valence-corrected chi connectivity index (χ0v) is 9.20. The maximum Gasteiger partial charge on any atom is 0.242 e. The second-order valence-corrected chi connectivity index (χ2v) is 4.00. The number of carbonyl (C=O) groups is 2. The Morgan fingerprint density at radius 2 is 2.12 bits per heavy atom. The molecule has 90 valence electrons. The summed E-state index contributed by atoms with van der Waals surface area (Å²) in [7, 11) is 0. The van der Waals surface area contributed by atoms with Crippen molar-refractivity contribution in [1.29, 1.82) is 0 Å². The van der Waals surface area contributed by atoms with Gasteiger partial charge >= 0.3 is 0 Å². The highest BCUT2D eigenvalue weighted by atomic mass is 19.1. The van der Waals surface area contributed by atoms with Gasteiger partial charge in [-0.2, -0.15) is 0 Å². The Morgan fingerprint density at radius 1 is 1.41 bits per heavy atom. The van der Waals surface area contributed by atoms with Crippen molar-refractivity contribution in [2.75, 3.05) is 0 Å². The molecule has 0 aliphatic carbocycles. The summed E-state index contributed by atoms with van der Waals surface area (Å²) in [5, 5.41) is 5.29. The molecule has 0 unspecified atom stereocenters. The van der Waals surface area contributed by atoms with Crippen LogP contribution >= 0.6 is 0 Å². The summed E-state index contributed by atoms with van der Waals surface area (Å²) in [4.78, 5) is 22.6. The minimum Gasteiger partial charge on any atom is -0.350 e. The number of benzene rings is 1. The van der Waals surface area contributed by atoms with Crippen LogP contribution in [0.4, 0.5) is 4.39 Å². The molecule has 1 saturated heterocycles. The highest BCUT2D eigenvalue weighted by Gasteiger charge is 2.26. The summed E-state index contributed by atoms with van der Waals surface area (Å²) in [6.07, 6.45) is 0.933. The lowest BCUT2D eigenvalue weighted by Crippen LogP contribution is -2.41. The van der Waals surface area contributed by atoms with E-state index in [9.17, 15) is 14.0 Å². The van der Waals surface area contributed by atoms with Gasteiger partial charge in [0.05, 0.1) is 0 Å². The minimum absolute atomic E-state index is 0.0908. The number of amides is 2. The molecule has 1 heterocycles. The minimum atomic E-state index is -0.428. The van der Waals surface area contributed by atoms with Gasteiger partial charge in [-0.05, 0) is 24.1 Å². The van der Waals surface area contributed by atoms with Crippen LogP contribution in [0.15, 0.2) is 24.3 Å². The van der Waals surface area contributed by atoms with Gasteiger partial charge in [0.1, 0.15) is 11.9 Å². The molecular weight excluding hydrogens is 223 g/mol. The lowest BCUT2D eigenvalue weighted by molar-refractivity contribution is -0.125. The van der Waals surface area contributed by atoms with Crippen LogP contribution in [0.3, 0.4) is 0 Å². The average molecular weight is 236 g/mol. The van der Waals surface area contributed by atoms with Gasteiger partial charge in [0.2, 0.25) is 11.8 Å². The van der Waals surface area contributed by atoms with Crippen molar-refractivity contribution in [2.45, 2.75) is 25.4 Å². The lowest BCUT2D eigenvalue weighted by atomic mass is 10.2. The molecule has 0 spiro atoms. The Balaban J connectivity index is 1.84. The quantitative estimate of drug-likeness (QED) is 0.812. The maximum atomic E-state index is 12.6. The van der Waals surface area contributed by atoms with Crippen LogP contribution in [-0.4, -0.2) is 17.9 Å². The zero-order valence-electron chi connectivity index (χ0n) is 9.20. The Morgan fingerprint density at radius 3 is 2.71 bits per heavy atom. The van der Waals surface area contributed by atoms with Crippen molar-refractivity contribution < 1.29 is 14.0 Å². The van der Waals surface area contributed by atoms with E-state index in [1.807, 2.05) is 0 Å². The van der Waals surface area contributed by atoms with Crippen molar-refractivity contribution in [2.24, 2.45) is 0 Å². The molecule has 1 aromatic rings. The molecule has 0 radical (unpaired) electrons. The van der Waals surface area contributed by atoms with Crippen molar-refractivity contribution >= 4 is 11.8 Å². The summed E-state index contributed by atoms with van der Waals surface area (Å²) in [5.74, 6) is -0.588. The zero-order chi connectivity index (χ0) is 12.3. The molecule has 17 heavy (non-hydrogen) atoms. The molecule has 2 N–H and O–H groups in total. The largest absolute Gasteiger partial charge is 0.350 e. The average Bonchev–Trinajstić information content (AvgIpc) is 2.75. The van der Waals surface area contributed by atoms with Crippen molar-refractivity contribution in [3.8, 4) is 0 Å². The van der Waals surface area contributed by atoms with E-state index >= 15 is 0 Å². The monoisotopic (exact) mass is 236 g/mol. The van der Waals surface area contributed by atoms with E-state index in [-0.39, 0.29) is 17.6 Å². The van der Waals surface area contributed by atoms with Gasteiger partial charge in [-0.25, -0.2) is 4.39 Å². The van der Waals surface area contributed by atoms with E-state index in [1.54, 1.807) is 12.1 Å². The smallest absolute Gasteiger partial charge is 0.242 e. The van der Waals surface area contributed by atoms with Crippen LogP contribution in [0, 0.1) is 5.82 Å². The first-order valence-corrected chi connectivity index (χ1v) is 5.46. The van der Waals surface area contributed by atoms with E-state index in [1.165, 1.54) is 12.1 Å². The summed E-state index contributed by atoms with van der Waals surface area (Å²) in [5.41, 5.74) is 0.823. The Labute approximate surface area is 98.2 Å². The molecule has 1 atom stereocenters. The van der Waals surface area contributed by atoms with Gasteiger partial charge in [0.25, 0.3) is 0 Å². The number of hydrogen-bond donors (Lipinski definition) is 2. The number of halogens is 1. The van der Waals surface area contributed by atoms with Crippen LogP contribution in [0.25, 0.3) is 0 Å². The maximum absolute atomic E-state index is 12.6. The molecule has 1 aliphatic rings. The fraction of sp³-hybridized carbons (Fsp3) is 0.333. The number of rotatable bonds is 3. The van der Waals surface area contributed by atoms with Crippen LogP contribution in [0.5, 0.6) is 0 Å². The Bertz CT molecular complexity index is 431. The van der Waals surface area contributed by atoms with Crippen molar-refractivity contribution in [1.82, 2.24) is 10.6 Å². The number of nitrogens with one attached hydrogen (secondary N) is 2. The van der Waals surface area contributed by atoms with Crippen LogP contribution in [0.2, 0.25) is 0 Å². The third-order valence-corrected chi connectivity index (χ3v) is 2.69. The first-order valence-electron chi connectivity index (χ1n) is 5.46. The predicted octanol–water partition coefficient (Wildman–Crippen LogP) is 0.720. The highest BCUT2D eigenvalue weighted by Crippen LogP contribution is 2.07. The molecule has 2 amide bonds. The fourth-order valence-electron chi connectivity index (χ4n) is 1.73. The van der Waals surface area contributed by atoms with Gasteiger partial charge in [-0.15, -0.1) is 0 Å². The predicted molar refractivity (Wildman–Crippen MR) is 59.4 cm³/mol. The highest BCUT2D eigenvalue weighted by molar-refractivity contribution is 5.90. The van der Waals surface area contributed by atoms with Gasteiger partial charge < -0.3 is 10.6 Å². The van der Waals surface area contributed by atoms with Gasteiger partial charge in [-0.1, -0.05) is 12.1 Å². The fourth-order valence-corrected chi connectivity index (χ4v) is 1.73. The van der Waals surface area contributed by atoms with Gasteiger partial charge in [0.15, 0.2) is 0 Å². The molecule has 1 aliphatic heterocycles. The first-order chi connectivity index (χ1) is 8.15. The van der Waals surface area contributed by atoms with E-state index < -0.39 is 6.04 Å². The molecule has 4 nitrogen and oxygen atoms in total. The molecule has 1 fully saturated rings. The Hall–Kier alpha value is -1.91. The lowest BCUT2D eigenvalue weighted by Gasteiger charge is -2.10. The van der Waals surface area contributed by atoms with Crippen molar-refractivity contribution in [3.63, 3.8) is 0 Å². The Kier molecular flexibility index (Phi) is 3.37. The topological polar surface area (TPSA) is 58.2 Å². The third kappa shape index (κ3) is 3.03. The second kappa shape index (κ2) is 4.95. The van der Waals surface area contributed by atoms with Gasteiger partial charge in [-0.3, -0.25) is 9.59 Å². The summed E-state index contributed by atoms with van der Waals surface area (Å²) in [6.45, 7) is 0.339. The summed E-state index contributed by atoms with van der Waals surface area (Å²) in [6, 6.07) is 5.49. The molecule has 5 heteroatoms. The van der Waals surface area contributed by atoms with Crippen molar-refractivity contribution in [3.05, 3.63) is 35.6 Å². The van der Waals surface area contributed by atoms with E-state index in [0.717, 1.165) is 5.56 Å². The van der Waals surface area contributed by atoms with Crippen LogP contribution in [-0.2, 0) is 16.1 Å². The van der Waals surface area contributed by atoms with E-state index in [0.29, 0.717) is 19.4 Å². The SMILES string of the molecule is O=C1CC[C@H](C(=O)NCc2ccc(F)cc2)N1. The van der Waals surface area contributed by atoms with Crippen LogP contribution < -0.4 is 10.6 Å². The second-order valence-electron chi connectivity index (χ2n) is 4.00. The van der Waals surface area contributed by atoms with E-state index in [2.05, 4.69) is 10.6 Å². The third-order valence-electron chi connectivity index (χ3n) is 2.69. The summed E-state index contributed by atoms with van der Waals surface area (Å²) < 4.78 is 12.6. The summed E-state index contributed by atoms with van der Waals surface area (Å²) >= 11 is 0. The standard InChI is InChI=1S/C12H13FN2O2/c13-9-3-1-8(2-4-9)7-14-12(17)10-5-6-11(16)15-10/h1-4,10H,5-7H2,(H,14,17)(H,15,16)/t10-/m1/s1. The molecule has 2 rings (SSSR count). The molecule has 0 aromatic heterocycles. The normalized spacial score (nSPS) is 18.9. The van der Waals surface area contributed by atoms with Gasteiger partial charge in [0, 0.05) is 13.0 Å². The molecule has 0 bridgehead atoms. The number of carbonyl (C=O) groups excluding carboxylic acids is 2.